The highest BCUT2D eigenvalue weighted by Gasteiger charge is 2.11. The molecule has 0 bridgehead atoms. The molecule has 7 nitrogen and oxygen atoms in total. The first kappa shape index (κ1) is 10.1. The maximum atomic E-state index is 11.6. The van der Waals surface area contributed by atoms with E-state index in [-0.39, 0.29) is 16.9 Å². The highest BCUT2D eigenvalue weighted by atomic mass is 16.2. The average molecular weight is 219 g/mol. The van der Waals surface area contributed by atoms with Crippen LogP contribution in [0.5, 0.6) is 0 Å². The van der Waals surface area contributed by atoms with Gasteiger partial charge in [0.1, 0.15) is 11.4 Å². The molecular weight excluding hydrogens is 210 g/mol. The molecule has 0 aliphatic heterocycles. The number of carbonyl (C=O) groups is 1. The topological polar surface area (TPSA) is 104 Å². The highest BCUT2D eigenvalue weighted by Crippen LogP contribution is 1.99. The lowest BCUT2D eigenvalue weighted by molar-refractivity contribution is 0.102. The summed E-state index contributed by atoms with van der Waals surface area (Å²) in [7, 11) is 0. The van der Waals surface area contributed by atoms with Gasteiger partial charge in [-0.2, -0.15) is 4.98 Å². The summed E-state index contributed by atoms with van der Waals surface area (Å²) in [6.45, 7) is 1.71. The molecule has 0 saturated carbocycles. The standard InChI is InChI=1S/C9H9N5O2/c1-5-11-9(14-13-5)12-8(16)6-4-10-3-2-7(6)15/h2-4H,1H3,(H,10,15)(H2,11,12,13,14,16). The monoisotopic (exact) mass is 219 g/mol. The quantitative estimate of drug-likeness (QED) is 0.664. The molecule has 2 rings (SSSR count). The van der Waals surface area contributed by atoms with Gasteiger partial charge in [-0.15, -0.1) is 5.10 Å². The maximum absolute atomic E-state index is 11.6. The van der Waals surface area contributed by atoms with Crippen LogP contribution in [0.15, 0.2) is 23.3 Å². The van der Waals surface area contributed by atoms with Crippen LogP contribution in [0.1, 0.15) is 16.2 Å². The molecule has 2 aromatic heterocycles. The summed E-state index contributed by atoms with van der Waals surface area (Å²) in [6.07, 6.45) is 2.78. The van der Waals surface area contributed by atoms with Gasteiger partial charge in [-0.05, 0) is 6.92 Å². The van der Waals surface area contributed by atoms with Gasteiger partial charge >= 0.3 is 0 Å². The number of hydrogen-bond acceptors (Lipinski definition) is 4. The predicted molar refractivity (Wildman–Crippen MR) is 56.1 cm³/mol. The second kappa shape index (κ2) is 3.97. The summed E-state index contributed by atoms with van der Waals surface area (Å²) >= 11 is 0. The van der Waals surface area contributed by atoms with Crippen molar-refractivity contribution in [1.82, 2.24) is 20.2 Å². The molecule has 1 amide bonds. The molecule has 0 unspecified atom stereocenters. The van der Waals surface area contributed by atoms with Crippen LogP contribution in [-0.4, -0.2) is 26.1 Å². The third-order valence-electron chi connectivity index (χ3n) is 1.89. The molecule has 2 heterocycles. The lowest BCUT2D eigenvalue weighted by Gasteiger charge is -1.98. The first-order chi connectivity index (χ1) is 7.66. The lowest BCUT2D eigenvalue weighted by atomic mass is 10.2. The summed E-state index contributed by atoms with van der Waals surface area (Å²) in [5, 5.41) is 8.72. The summed E-state index contributed by atoms with van der Waals surface area (Å²) < 4.78 is 0. The fourth-order valence-electron chi connectivity index (χ4n) is 1.16. The minimum atomic E-state index is -0.541. The van der Waals surface area contributed by atoms with Crippen molar-refractivity contribution in [2.45, 2.75) is 6.92 Å². The van der Waals surface area contributed by atoms with E-state index in [1.54, 1.807) is 6.92 Å². The number of hydrogen-bond donors (Lipinski definition) is 3. The van der Waals surface area contributed by atoms with E-state index in [2.05, 4.69) is 25.5 Å². The Bertz CT molecular complexity index is 571. The van der Waals surface area contributed by atoms with Crippen LogP contribution in [0.2, 0.25) is 0 Å². The van der Waals surface area contributed by atoms with Crippen molar-refractivity contribution in [2.75, 3.05) is 5.32 Å². The zero-order valence-electron chi connectivity index (χ0n) is 8.44. The number of aryl methyl sites for hydroxylation is 1. The Morgan fingerprint density at radius 2 is 2.31 bits per heavy atom. The number of rotatable bonds is 2. The molecule has 3 N–H and O–H groups in total. The summed E-state index contributed by atoms with van der Waals surface area (Å²) in [4.78, 5) is 29.5. The van der Waals surface area contributed by atoms with Crippen LogP contribution in [0, 0.1) is 6.92 Å². The number of aromatic nitrogens is 4. The van der Waals surface area contributed by atoms with E-state index in [0.717, 1.165) is 0 Å². The smallest absolute Gasteiger partial charge is 0.263 e. The summed E-state index contributed by atoms with van der Waals surface area (Å²) in [5.74, 6) is 0.184. The van der Waals surface area contributed by atoms with E-state index in [9.17, 15) is 9.59 Å². The molecule has 7 heteroatoms. The molecule has 0 fully saturated rings. The van der Waals surface area contributed by atoms with E-state index in [4.69, 9.17) is 0 Å². The predicted octanol–water partition coefficient (Wildman–Crippen LogP) is 0.0537. The summed E-state index contributed by atoms with van der Waals surface area (Å²) in [5.41, 5.74) is -0.339. The molecule has 0 aromatic carbocycles. The molecule has 2 aromatic rings. The number of carbonyl (C=O) groups excluding carboxylic acids is 1. The maximum Gasteiger partial charge on any atom is 0.263 e. The SMILES string of the molecule is Cc1nc(NC(=O)c2c[nH]ccc2=O)n[nH]1. The molecule has 0 saturated heterocycles. The Morgan fingerprint density at radius 1 is 1.50 bits per heavy atom. The van der Waals surface area contributed by atoms with Crippen LogP contribution < -0.4 is 10.7 Å². The van der Waals surface area contributed by atoms with Crippen molar-refractivity contribution in [2.24, 2.45) is 0 Å². The Labute approximate surface area is 89.9 Å². The van der Waals surface area contributed by atoms with Gasteiger partial charge < -0.3 is 4.98 Å². The number of nitrogens with one attached hydrogen (secondary N) is 3. The molecule has 0 aliphatic carbocycles. The van der Waals surface area contributed by atoms with Crippen LogP contribution in [0.3, 0.4) is 0 Å². The first-order valence-corrected chi connectivity index (χ1v) is 4.54. The van der Waals surface area contributed by atoms with Crippen LogP contribution in [-0.2, 0) is 0 Å². The highest BCUT2D eigenvalue weighted by molar-refractivity contribution is 6.02. The van der Waals surface area contributed by atoms with Crippen molar-refractivity contribution in [3.05, 3.63) is 40.1 Å². The number of H-pyrrole nitrogens is 2. The molecular formula is C9H9N5O2. The molecule has 0 spiro atoms. The second-order valence-corrected chi connectivity index (χ2v) is 3.12. The van der Waals surface area contributed by atoms with Crippen LogP contribution >= 0.6 is 0 Å². The molecule has 0 radical (unpaired) electrons. The molecule has 82 valence electrons. The van der Waals surface area contributed by atoms with Gasteiger partial charge in [0.05, 0.1) is 0 Å². The van der Waals surface area contributed by atoms with Gasteiger partial charge in [-0.3, -0.25) is 20.0 Å². The van der Waals surface area contributed by atoms with Gasteiger partial charge in [0.25, 0.3) is 5.91 Å². The zero-order chi connectivity index (χ0) is 11.5. The largest absolute Gasteiger partial charge is 0.367 e. The van der Waals surface area contributed by atoms with Gasteiger partial charge in [0.2, 0.25) is 5.95 Å². The van der Waals surface area contributed by atoms with Gasteiger partial charge in [-0.1, -0.05) is 0 Å². The number of aromatic amines is 2. The molecule has 0 atom stereocenters. The van der Waals surface area contributed by atoms with E-state index >= 15 is 0 Å². The molecule has 0 aliphatic rings. The van der Waals surface area contributed by atoms with Crippen LogP contribution in [0.25, 0.3) is 0 Å². The van der Waals surface area contributed by atoms with Gasteiger partial charge in [0, 0.05) is 18.5 Å². The fraction of sp³-hybridized carbons (Fsp3) is 0.111. The van der Waals surface area contributed by atoms with Crippen molar-refractivity contribution in [1.29, 1.82) is 0 Å². The number of amides is 1. The van der Waals surface area contributed by atoms with Gasteiger partial charge in [0.15, 0.2) is 5.43 Å². The third-order valence-corrected chi connectivity index (χ3v) is 1.89. The Kier molecular flexibility index (Phi) is 2.50. The van der Waals surface area contributed by atoms with E-state index in [0.29, 0.717) is 5.82 Å². The summed E-state index contributed by atoms with van der Waals surface area (Å²) in [6, 6.07) is 1.28. The fourth-order valence-corrected chi connectivity index (χ4v) is 1.16. The Hall–Kier alpha value is -2.44. The van der Waals surface area contributed by atoms with E-state index in [1.165, 1.54) is 18.5 Å². The van der Waals surface area contributed by atoms with Crippen LogP contribution in [0.4, 0.5) is 5.95 Å². The number of nitrogens with zero attached hydrogens (tertiary/aromatic N) is 2. The average Bonchev–Trinajstić information content (AvgIpc) is 2.64. The van der Waals surface area contributed by atoms with Gasteiger partial charge in [-0.25, -0.2) is 0 Å². The van der Waals surface area contributed by atoms with E-state index in [1.807, 2.05) is 0 Å². The van der Waals surface area contributed by atoms with Crippen molar-refractivity contribution >= 4 is 11.9 Å². The normalized spacial score (nSPS) is 10.1. The van der Waals surface area contributed by atoms with Crippen molar-refractivity contribution < 1.29 is 4.79 Å². The van der Waals surface area contributed by atoms with E-state index < -0.39 is 5.91 Å². The number of pyridine rings is 1. The van der Waals surface area contributed by atoms with Crippen molar-refractivity contribution in [3.63, 3.8) is 0 Å². The zero-order valence-corrected chi connectivity index (χ0v) is 8.44. The minimum Gasteiger partial charge on any atom is -0.367 e. The Morgan fingerprint density at radius 3 is 2.94 bits per heavy atom. The molecule has 16 heavy (non-hydrogen) atoms. The lowest BCUT2D eigenvalue weighted by Crippen LogP contribution is -2.21. The van der Waals surface area contributed by atoms with Crippen molar-refractivity contribution in [3.8, 4) is 0 Å². The first-order valence-electron chi connectivity index (χ1n) is 4.54. The number of anilines is 1. The minimum absolute atomic E-state index is 0.0185. The third kappa shape index (κ3) is 1.97. The second-order valence-electron chi connectivity index (χ2n) is 3.12. The Balaban J connectivity index is 2.21.